The van der Waals surface area contributed by atoms with E-state index in [4.69, 9.17) is 21.4 Å². The zero-order valence-corrected chi connectivity index (χ0v) is 11.2. The molecule has 0 bridgehead atoms. The number of carboxylic acids is 1. The van der Waals surface area contributed by atoms with Crippen molar-refractivity contribution < 1.29 is 14.6 Å². The second-order valence-electron chi connectivity index (χ2n) is 4.05. The number of carboxylic acid groups (broad SMARTS) is 1. The molecule has 1 N–H and O–H groups in total. The van der Waals surface area contributed by atoms with Gasteiger partial charge in [0.1, 0.15) is 10.7 Å². The van der Waals surface area contributed by atoms with Gasteiger partial charge in [-0.2, -0.15) is 0 Å². The lowest BCUT2D eigenvalue weighted by atomic mass is 10.2. The minimum atomic E-state index is -1.06. The monoisotopic (exact) mass is 271 g/mol. The summed E-state index contributed by atoms with van der Waals surface area (Å²) in [5.41, 5.74) is 0.0490. The Morgan fingerprint density at radius 1 is 1.33 bits per heavy atom. The molecular formula is C13H18ClNO3. The highest BCUT2D eigenvalue weighted by Crippen LogP contribution is 2.19. The molecule has 0 aliphatic heterocycles. The topological polar surface area (TPSA) is 59.4 Å². The van der Waals surface area contributed by atoms with Gasteiger partial charge in [0.05, 0.1) is 6.61 Å². The second kappa shape index (κ2) is 7.93. The summed E-state index contributed by atoms with van der Waals surface area (Å²) in [6.07, 6.45) is 5.56. The first kappa shape index (κ1) is 14.8. The van der Waals surface area contributed by atoms with Crippen LogP contribution in [-0.2, 0) is 0 Å². The number of unbranched alkanes of at least 4 members (excludes halogenated alkanes) is 4. The van der Waals surface area contributed by atoms with Gasteiger partial charge in [-0.15, -0.1) is 0 Å². The average molecular weight is 272 g/mol. The summed E-state index contributed by atoms with van der Waals surface area (Å²) >= 11 is 5.72. The molecule has 0 atom stereocenters. The van der Waals surface area contributed by atoms with Crippen LogP contribution in [0.25, 0.3) is 0 Å². The number of hydrogen-bond acceptors (Lipinski definition) is 3. The summed E-state index contributed by atoms with van der Waals surface area (Å²) < 4.78 is 5.38. The maximum Gasteiger partial charge on any atom is 0.341 e. The Balaban J connectivity index is 2.45. The van der Waals surface area contributed by atoms with Crippen molar-refractivity contribution in [1.29, 1.82) is 0 Å². The van der Waals surface area contributed by atoms with E-state index in [0.717, 1.165) is 12.8 Å². The molecule has 0 saturated heterocycles. The van der Waals surface area contributed by atoms with Crippen LogP contribution in [0.3, 0.4) is 0 Å². The van der Waals surface area contributed by atoms with Crippen LogP contribution in [0.5, 0.6) is 5.88 Å². The predicted molar refractivity (Wildman–Crippen MR) is 70.5 cm³/mol. The van der Waals surface area contributed by atoms with Crippen LogP contribution >= 0.6 is 11.6 Å². The molecule has 0 aliphatic rings. The number of aromatic carboxylic acids is 1. The van der Waals surface area contributed by atoms with Crippen LogP contribution in [0.1, 0.15) is 49.4 Å². The fourth-order valence-corrected chi connectivity index (χ4v) is 1.70. The van der Waals surface area contributed by atoms with Crippen LogP contribution in [0, 0.1) is 0 Å². The lowest BCUT2D eigenvalue weighted by Crippen LogP contribution is -2.06. The third-order valence-corrected chi connectivity index (χ3v) is 2.75. The van der Waals surface area contributed by atoms with Gasteiger partial charge >= 0.3 is 5.97 Å². The zero-order chi connectivity index (χ0) is 13.4. The number of halogens is 1. The van der Waals surface area contributed by atoms with Crippen molar-refractivity contribution in [2.75, 3.05) is 6.61 Å². The molecule has 100 valence electrons. The Hall–Kier alpha value is -1.29. The summed E-state index contributed by atoms with van der Waals surface area (Å²) in [5.74, 6) is -0.953. The maximum absolute atomic E-state index is 10.9. The summed E-state index contributed by atoms with van der Waals surface area (Å²) in [4.78, 5) is 14.8. The standard InChI is InChI=1S/C13H18ClNO3/c1-2-3-4-5-6-9-18-12-10(13(16)17)7-8-11(14)15-12/h7-8H,2-6,9H2,1H3,(H,16,17). The molecule has 0 fully saturated rings. The number of aromatic nitrogens is 1. The predicted octanol–water partition coefficient (Wildman–Crippen LogP) is 3.78. The molecule has 18 heavy (non-hydrogen) atoms. The molecule has 5 heteroatoms. The minimum Gasteiger partial charge on any atom is -0.477 e. The molecule has 0 aliphatic carbocycles. The Bertz CT molecular complexity index is 396. The van der Waals surface area contributed by atoms with E-state index in [2.05, 4.69) is 11.9 Å². The van der Waals surface area contributed by atoms with Gasteiger partial charge < -0.3 is 9.84 Å². The highest BCUT2D eigenvalue weighted by Gasteiger charge is 2.13. The van der Waals surface area contributed by atoms with Crippen molar-refractivity contribution in [3.63, 3.8) is 0 Å². The third kappa shape index (κ3) is 4.92. The van der Waals surface area contributed by atoms with Crippen molar-refractivity contribution in [2.45, 2.75) is 39.0 Å². The van der Waals surface area contributed by atoms with Crippen molar-refractivity contribution in [2.24, 2.45) is 0 Å². The summed E-state index contributed by atoms with van der Waals surface area (Å²) in [6.45, 7) is 2.63. The Kier molecular flexibility index (Phi) is 6.50. The zero-order valence-electron chi connectivity index (χ0n) is 10.5. The van der Waals surface area contributed by atoms with Gasteiger partial charge in [0.25, 0.3) is 0 Å². The van der Waals surface area contributed by atoms with E-state index in [0.29, 0.717) is 6.61 Å². The number of pyridine rings is 1. The average Bonchev–Trinajstić information content (AvgIpc) is 2.33. The largest absolute Gasteiger partial charge is 0.477 e. The first-order valence-corrected chi connectivity index (χ1v) is 6.55. The van der Waals surface area contributed by atoms with E-state index in [1.54, 1.807) is 0 Å². The fraction of sp³-hybridized carbons (Fsp3) is 0.538. The Labute approximate surface area is 112 Å². The maximum atomic E-state index is 10.9. The number of nitrogens with zero attached hydrogens (tertiary/aromatic N) is 1. The van der Waals surface area contributed by atoms with Gasteiger partial charge in [-0.25, -0.2) is 9.78 Å². The van der Waals surface area contributed by atoms with E-state index >= 15 is 0 Å². The molecule has 0 saturated carbocycles. The fourth-order valence-electron chi connectivity index (χ4n) is 1.57. The highest BCUT2D eigenvalue weighted by atomic mass is 35.5. The summed E-state index contributed by atoms with van der Waals surface area (Å²) in [5, 5.41) is 9.20. The molecule has 1 aromatic rings. The van der Waals surface area contributed by atoms with Crippen LogP contribution in [0.4, 0.5) is 0 Å². The molecular weight excluding hydrogens is 254 g/mol. The van der Waals surface area contributed by atoms with Crippen molar-refractivity contribution >= 4 is 17.6 Å². The molecule has 0 unspecified atom stereocenters. The molecule has 0 amide bonds. The Morgan fingerprint density at radius 2 is 2.06 bits per heavy atom. The second-order valence-corrected chi connectivity index (χ2v) is 4.44. The molecule has 0 aromatic carbocycles. The van der Waals surface area contributed by atoms with Crippen LogP contribution in [0.15, 0.2) is 12.1 Å². The Morgan fingerprint density at radius 3 is 2.72 bits per heavy atom. The van der Waals surface area contributed by atoms with Gasteiger partial charge in [-0.1, -0.05) is 44.2 Å². The SMILES string of the molecule is CCCCCCCOc1nc(Cl)ccc1C(=O)O. The third-order valence-electron chi connectivity index (χ3n) is 2.54. The first-order valence-electron chi connectivity index (χ1n) is 6.17. The molecule has 4 nitrogen and oxygen atoms in total. The van der Waals surface area contributed by atoms with Crippen molar-refractivity contribution in [3.8, 4) is 5.88 Å². The van der Waals surface area contributed by atoms with Gasteiger partial charge in [0, 0.05) is 0 Å². The van der Waals surface area contributed by atoms with Gasteiger partial charge in [0.2, 0.25) is 5.88 Å². The number of rotatable bonds is 8. The normalized spacial score (nSPS) is 10.3. The summed E-state index contributed by atoms with van der Waals surface area (Å²) in [6, 6.07) is 2.85. The highest BCUT2D eigenvalue weighted by molar-refractivity contribution is 6.29. The van der Waals surface area contributed by atoms with E-state index in [1.165, 1.54) is 31.4 Å². The quantitative estimate of drug-likeness (QED) is 0.577. The lowest BCUT2D eigenvalue weighted by molar-refractivity contribution is 0.0691. The van der Waals surface area contributed by atoms with Crippen LogP contribution in [-0.4, -0.2) is 22.7 Å². The van der Waals surface area contributed by atoms with E-state index < -0.39 is 5.97 Å². The van der Waals surface area contributed by atoms with Crippen LogP contribution in [0.2, 0.25) is 5.15 Å². The van der Waals surface area contributed by atoms with Gasteiger partial charge in [0.15, 0.2) is 0 Å². The summed E-state index contributed by atoms with van der Waals surface area (Å²) in [7, 11) is 0. The molecule has 1 rings (SSSR count). The molecule has 1 aromatic heterocycles. The number of carbonyl (C=O) groups is 1. The van der Waals surface area contributed by atoms with E-state index in [1.807, 2.05) is 0 Å². The van der Waals surface area contributed by atoms with Gasteiger partial charge in [-0.3, -0.25) is 0 Å². The number of ether oxygens (including phenoxy) is 1. The molecule has 0 spiro atoms. The van der Waals surface area contributed by atoms with E-state index in [9.17, 15) is 4.79 Å². The molecule has 0 radical (unpaired) electrons. The first-order chi connectivity index (χ1) is 8.65. The minimum absolute atomic E-state index is 0.0490. The number of hydrogen-bond donors (Lipinski definition) is 1. The van der Waals surface area contributed by atoms with E-state index in [-0.39, 0.29) is 16.6 Å². The lowest BCUT2D eigenvalue weighted by Gasteiger charge is -2.08. The van der Waals surface area contributed by atoms with Gasteiger partial charge in [-0.05, 0) is 18.6 Å². The van der Waals surface area contributed by atoms with Crippen molar-refractivity contribution in [1.82, 2.24) is 4.98 Å². The van der Waals surface area contributed by atoms with Crippen molar-refractivity contribution in [3.05, 3.63) is 22.8 Å². The molecule has 1 heterocycles. The smallest absolute Gasteiger partial charge is 0.341 e. The van der Waals surface area contributed by atoms with Crippen LogP contribution < -0.4 is 4.74 Å².